The zero-order valence-electron chi connectivity index (χ0n) is 13.4. The standard InChI is InChI=1S/C19H12N2O5/c22-17-14-8-4-5-9-15(14)18(23)21(17)26-19(24)16-11-13(25-20-16)10-12-6-2-1-3-7-12/h1-9,11H,10H2. The molecule has 26 heavy (non-hydrogen) atoms. The van der Waals surface area contributed by atoms with E-state index in [1.165, 1.54) is 18.2 Å². The van der Waals surface area contributed by atoms with E-state index in [1.54, 1.807) is 12.1 Å². The van der Waals surface area contributed by atoms with Gasteiger partial charge < -0.3 is 9.36 Å². The molecule has 4 rings (SSSR count). The molecule has 0 fully saturated rings. The van der Waals surface area contributed by atoms with Crippen molar-refractivity contribution < 1.29 is 23.7 Å². The van der Waals surface area contributed by atoms with Gasteiger partial charge >= 0.3 is 5.97 Å². The number of carbonyl (C=O) groups is 3. The Labute approximate surface area is 147 Å². The van der Waals surface area contributed by atoms with E-state index < -0.39 is 17.8 Å². The lowest BCUT2D eigenvalue weighted by molar-refractivity contribution is -0.0590. The molecule has 1 aliphatic heterocycles. The first-order valence-corrected chi connectivity index (χ1v) is 7.83. The summed E-state index contributed by atoms with van der Waals surface area (Å²) in [6.07, 6.45) is 0.453. The molecule has 2 amide bonds. The number of hydrogen-bond acceptors (Lipinski definition) is 6. The fourth-order valence-electron chi connectivity index (χ4n) is 2.67. The Kier molecular flexibility index (Phi) is 3.81. The van der Waals surface area contributed by atoms with Crippen molar-refractivity contribution in [1.82, 2.24) is 10.2 Å². The zero-order valence-corrected chi connectivity index (χ0v) is 13.4. The van der Waals surface area contributed by atoms with E-state index in [0.717, 1.165) is 5.56 Å². The van der Waals surface area contributed by atoms with Crippen LogP contribution in [0.25, 0.3) is 0 Å². The summed E-state index contributed by atoms with van der Waals surface area (Å²) in [6, 6.07) is 17.2. The minimum Gasteiger partial charge on any atom is -0.360 e. The van der Waals surface area contributed by atoms with E-state index in [4.69, 9.17) is 9.36 Å². The molecule has 1 aliphatic rings. The van der Waals surface area contributed by atoms with Crippen molar-refractivity contribution in [2.45, 2.75) is 6.42 Å². The van der Waals surface area contributed by atoms with Crippen molar-refractivity contribution in [1.29, 1.82) is 0 Å². The van der Waals surface area contributed by atoms with Crippen LogP contribution in [-0.2, 0) is 11.3 Å². The number of carbonyl (C=O) groups excluding carboxylic acids is 3. The summed E-state index contributed by atoms with van der Waals surface area (Å²) in [4.78, 5) is 41.6. The minimum atomic E-state index is -0.942. The topological polar surface area (TPSA) is 89.7 Å². The summed E-state index contributed by atoms with van der Waals surface area (Å²) in [7, 11) is 0. The second-order valence-corrected chi connectivity index (χ2v) is 5.67. The van der Waals surface area contributed by atoms with E-state index in [9.17, 15) is 14.4 Å². The Balaban J connectivity index is 1.48. The van der Waals surface area contributed by atoms with Crippen LogP contribution in [0.4, 0.5) is 0 Å². The van der Waals surface area contributed by atoms with Crippen LogP contribution in [0.2, 0.25) is 0 Å². The van der Waals surface area contributed by atoms with Crippen molar-refractivity contribution >= 4 is 17.8 Å². The van der Waals surface area contributed by atoms with E-state index in [1.807, 2.05) is 30.3 Å². The van der Waals surface area contributed by atoms with Crippen LogP contribution in [-0.4, -0.2) is 28.0 Å². The lowest BCUT2D eigenvalue weighted by Crippen LogP contribution is -2.32. The Hall–Kier alpha value is -3.74. The summed E-state index contributed by atoms with van der Waals surface area (Å²) in [5, 5.41) is 4.10. The summed E-state index contributed by atoms with van der Waals surface area (Å²) >= 11 is 0. The van der Waals surface area contributed by atoms with Crippen molar-refractivity contribution in [2.24, 2.45) is 0 Å². The normalized spacial score (nSPS) is 13.0. The third-order valence-corrected chi connectivity index (χ3v) is 3.92. The molecule has 1 aromatic heterocycles. The van der Waals surface area contributed by atoms with Crippen LogP contribution < -0.4 is 0 Å². The molecule has 0 N–H and O–H groups in total. The van der Waals surface area contributed by atoms with Gasteiger partial charge in [-0.25, -0.2) is 4.79 Å². The average Bonchev–Trinajstić information content (AvgIpc) is 3.22. The summed E-state index contributed by atoms with van der Waals surface area (Å²) in [6.45, 7) is 0. The number of aromatic nitrogens is 1. The van der Waals surface area contributed by atoms with E-state index >= 15 is 0 Å². The van der Waals surface area contributed by atoms with Crippen LogP contribution in [0.5, 0.6) is 0 Å². The third kappa shape index (κ3) is 2.75. The monoisotopic (exact) mass is 348 g/mol. The highest BCUT2D eigenvalue weighted by atomic mass is 16.7. The van der Waals surface area contributed by atoms with Crippen molar-refractivity contribution in [3.8, 4) is 0 Å². The van der Waals surface area contributed by atoms with Crippen molar-refractivity contribution in [3.63, 3.8) is 0 Å². The SMILES string of the molecule is O=C(ON1C(=O)c2ccccc2C1=O)c1cc(Cc2ccccc2)on1. The van der Waals surface area contributed by atoms with Gasteiger partial charge in [0.25, 0.3) is 11.8 Å². The van der Waals surface area contributed by atoms with Crippen molar-refractivity contribution in [3.05, 3.63) is 88.8 Å². The van der Waals surface area contributed by atoms with Crippen LogP contribution in [0.15, 0.2) is 65.2 Å². The van der Waals surface area contributed by atoms with Gasteiger partial charge in [0.05, 0.1) is 11.1 Å². The number of amides is 2. The molecule has 0 spiro atoms. The molecule has 0 radical (unpaired) electrons. The molecular weight excluding hydrogens is 336 g/mol. The molecule has 2 aromatic carbocycles. The first-order chi connectivity index (χ1) is 12.6. The maximum Gasteiger partial charge on any atom is 0.385 e. The van der Waals surface area contributed by atoms with Gasteiger partial charge in [0, 0.05) is 12.5 Å². The van der Waals surface area contributed by atoms with Gasteiger partial charge in [-0.15, -0.1) is 0 Å². The maximum absolute atomic E-state index is 12.2. The van der Waals surface area contributed by atoms with E-state index in [-0.39, 0.29) is 16.8 Å². The highest BCUT2D eigenvalue weighted by Gasteiger charge is 2.39. The summed E-state index contributed by atoms with van der Waals surface area (Å²) in [5.74, 6) is -1.85. The zero-order chi connectivity index (χ0) is 18.1. The second-order valence-electron chi connectivity index (χ2n) is 5.67. The van der Waals surface area contributed by atoms with Crippen LogP contribution in [0.3, 0.4) is 0 Å². The van der Waals surface area contributed by atoms with Gasteiger partial charge in [0.2, 0.25) is 0 Å². The maximum atomic E-state index is 12.2. The third-order valence-electron chi connectivity index (χ3n) is 3.92. The largest absolute Gasteiger partial charge is 0.385 e. The van der Waals surface area contributed by atoms with Crippen LogP contribution >= 0.6 is 0 Å². The Morgan fingerprint density at radius 3 is 2.23 bits per heavy atom. The van der Waals surface area contributed by atoms with Gasteiger partial charge in [0.15, 0.2) is 5.69 Å². The number of rotatable bonds is 4. The fraction of sp³-hybridized carbons (Fsp3) is 0.0526. The predicted molar refractivity (Wildman–Crippen MR) is 88.1 cm³/mol. The number of hydrogen-bond donors (Lipinski definition) is 0. The lowest BCUT2D eigenvalue weighted by Gasteiger charge is -2.10. The minimum absolute atomic E-state index is 0.118. The van der Waals surface area contributed by atoms with E-state index in [0.29, 0.717) is 17.2 Å². The molecule has 0 atom stereocenters. The number of imide groups is 1. The molecule has 2 heterocycles. The molecule has 128 valence electrons. The molecule has 0 saturated carbocycles. The Morgan fingerprint density at radius 2 is 1.58 bits per heavy atom. The smallest absolute Gasteiger partial charge is 0.360 e. The Bertz CT molecular complexity index is 975. The summed E-state index contributed by atoms with van der Waals surface area (Å²) in [5.41, 5.74) is 1.25. The van der Waals surface area contributed by atoms with Crippen molar-refractivity contribution in [2.75, 3.05) is 0 Å². The first-order valence-electron chi connectivity index (χ1n) is 7.83. The highest BCUT2D eigenvalue weighted by molar-refractivity contribution is 6.21. The van der Waals surface area contributed by atoms with Gasteiger partial charge in [-0.1, -0.05) is 52.7 Å². The molecule has 7 heteroatoms. The van der Waals surface area contributed by atoms with Gasteiger partial charge in [-0.3, -0.25) is 9.59 Å². The van der Waals surface area contributed by atoms with Gasteiger partial charge in [-0.05, 0) is 17.7 Å². The Morgan fingerprint density at radius 1 is 0.962 bits per heavy atom. The fourth-order valence-corrected chi connectivity index (χ4v) is 2.67. The molecule has 0 saturated heterocycles. The number of fused-ring (bicyclic) bond motifs is 1. The molecule has 0 unspecified atom stereocenters. The number of nitrogens with zero attached hydrogens (tertiary/aromatic N) is 2. The van der Waals surface area contributed by atoms with Gasteiger partial charge in [0.1, 0.15) is 5.76 Å². The van der Waals surface area contributed by atoms with Crippen LogP contribution in [0.1, 0.15) is 42.5 Å². The molecule has 7 nitrogen and oxygen atoms in total. The molecular formula is C19H12N2O5. The first kappa shape index (κ1) is 15.8. The molecule has 0 aliphatic carbocycles. The van der Waals surface area contributed by atoms with E-state index in [2.05, 4.69) is 5.16 Å². The molecule has 0 bridgehead atoms. The number of benzene rings is 2. The van der Waals surface area contributed by atoms with Crippen LogP contribution in [0, 0.1) is 0 Å². The number of hydroxylamine groups is 2. The summed E-state index contributed by atoms with van der Waals surface area (Å²) < 4.78 is 5.13. The average molecular weight is 348 g/mol. The predicted octanol–water partition coefficient (Wildman–Crippen LogP) is 2.63. The molecule has 3 aromatic rings. The highest BCUT2D eigenvalue weighted by Crippen LogP contribution is 2.23. The quantitative estimate of drug-likeness (QED) is 0.673. The lowest BCUT2D eigenvalue weighted by atomic mass is 10.1. The second kappa shape index (κ2) is 6.29. The van der Waals surface area contributed by atoms with Gasteiger partial charge in [-0.2, -0.15) is 0 Å².